The smallest absolute Gasteiger partial charge is 0.210 e. The van der Waals surface area contributed by atoms with Crippen molar-refractivity contribution >= 4 is 27.7 Å². The van der Waals surface area contributed by atoms with Crippen LogP contribution in [0.15, 0.2) is 27.5 Å². The van der Waals surface area contributed by atoms with Crippen molar-refractivity contribution in [2.75, 3.05) is 0 Å². The molecule has 0 saturated heterocycles. The minimum absolute atomic E-state index is 0.0454. The Balaban J connectivity index is 3.41. The highest BCUT2D eigenvalue weighted by Gasteiger charge is 2.16. The van der Waals surface area contributed by atoms with Gasteiger partial charge in [-0.25, -0.2) is 4.79 Å². The van der Waals surface area contributed by atoms with Gasteiger partial charge in [0.2, 0.25) is 0 Å². The molecule has 0 spiro atoms. The Morgan fingerprint density at radius 3 is 2.57 bits per heavy atom. The van der Waals surface area contributed by atoms with Gasteiger partial charge in [-0.3, -0.25) is 0 Å². The van der Waals surface area contributed by atoms with E-state index in [0.29, 0.717) is 0 Å². The number of isocyanates is 1. The number of hydrogen-bond donors (Lipinski definition) is 0. The normalized spacial score (nSPS) is 10.7. The molecule has 0 bridgehead atoms. The van der Waals surface area contributed by atoms with E-state index in [0.717, 1.165) is 11.6 Å². The third-order valence-electron chi connectivity index (χ3n) is 1.52. The summed E-state index contributed by atoms with van der Waals surface area (Å²) in [5, 5.41) is 0.0454. The largest absolute Gasteiger partial charge is 0.294 e. The van der Waals surface area contributed by atoms with Gasteiger partial charge in [0.05, 0.1) is 5.02 Å². The molecule has 1 rings (SSSR count). The monoisotopic (exact) mass is 231 g/mol. The van der Waals surface area contributed by atoms with Gasteiger partial charge in [-0.1, -0.05) is 22.1 Å². The third-order valence-corrected chi connectivity index (χ3v) is 3.17. The standard InChI is InChI=1S/C8H6ClNO3S/c1-6-2-3-8(7(9)4-6)14(12,13)10-5-11/h2-4H,1H3. The van der Waals surface area contributed by atoms with E-state index in [2.05, 4.69) is 4.40 Å². The number of rotatable bonds is 2. The molecule has 0 aliphatic rings. The third kappa shape index (κ3) is 2.20. The van der Waals surface area contributed by atoms with Crippen molar-refractivity contribution in [3.8, 4) is 0 Å². The van der Waals surface area contributed by atoms with Crippen LogP contribution in [0.3, 0.4) is 0 Å². The highest BCUT2D eigenvalue weighted by molar-refractivity contribution is 7.90. The first-order valence-corrected chi connectivity index (χ1v) is 5.39. The molecular weight excluding hydrogens is 226 g/mol. The minimum atomic E-state index is -3.99. The maximum atomic E-state index is 11.3. The fourth-order valence-corrected chi connectivity index (χ4v) is 2.18. The molecular formula is C8H6ClNO3S. The second-order valence-electron chi connectivity index (χ2n) is 2.59. The van der Waals surface area contributed by atoms with E-state index in [4.69, 9.17) is 11.6 Å². The highest BCUT2D eigenvalue weighted by Crippen LogP contribution is 2.23. The van der Waals surface area contributed by atoms with Crippen molar-refractivity contribution in [1.29, 1.82) is 0 Å². The Morgan fingerprint density at radius 2 is 2.07 bits per heavy atom. The summed E-state index contributed by atoms with van der Waals surface area (Å²) in [4.78, 5) is 9.67. The number of halogens is 1. The molecule has 6 heteroatoms. The molecule has 0 unspecified atom stereocenters. The van der Waals surface area contributed by atoms with E-state index in [1.165, 1.54) is 12.1 Å². The summed E-state index contributed by atoms with van der Waals surface area (Å²) in [6.07, 6.45) is 0.977. The van der Waals surface area contributed by atoms with Crippen LogP contribution < -0.4 is 0 Å². The first-order valence-electron chi connectivity index (χ1n) is 3.57. The molecule has 0 fully saturated rings. The van der Waals surface area contributed by atoms with Crippen LogP contribution in [0.4, 0.5) is 0 Å². The zero-order chi connectivity index (χ0) is 10.8. The number of nitrogens with zero attached hydrogens (tertiary/aromatic N) is 1. The zero-order valence-corrected chi connectivity index (χ0v) is 8.76. The van der Waals surface area contributed by atoms with Crippen LogP contribution in [-0.4, -0.2) is 14.5 Å². The Bertz CT molecular complexity index is 503. The van der Waals surface area contributed by atoms with Gasteiger partial charge in [0, 0.05) is 0 Å². The molecule has 4 nitrogen and oxygen atoms in total. The first kappa shape index (κ1) is 10.9. The van der Waals surface area contributed by atoms with Crippen molar-refractivity contribution in [1.82, 2.24) is 0 Å². The Labute approximate surface area is 86.3 Å². The topological polar surface area (TPSA) is 63.6 Å². The lowest BCUT2D eigenvalue weighted by molar-refractivity contribution is 0.563. The Morgan fingerprint density at radius 1 is 1.43 bits per heavy atom. The summed E-state index contributed by atoms with van der Waals surface area (Å²) in [6.45, 7) is 1.77. The quantitative estimate of drug-likeness (QED) is 0.575. The highest BCUT2D eigenvalue weighted by atomic mass is 35.5. The predicted molar refractivity (Wildman–Crippen MR) is 51.5 cm³/mol. The predicted octanol–water partition coefficient (Wildman–Crippen LogP) is 1.67. The fourth-order valence-electron chi connectivity index (χ4n) is 0.913. The van der Waals surface area contributed by atoms with E-state index in [-0.39, 0.29) is 9.92 Å². The van der Waals surface area contributed by atoms with Gasteiger partial charge >= 0.3 is 0 Å². The number of carbonyl (C=O) groups excluding carboxylic acids is 1. The lowest BCUT2D eigenvalue weighted by Crippen LogP contribution is -1.97. The summed E-state index contributed by atoms with van der Waals surface area (Å²) in [6, 6.07) is 4.35. The Hall–Kier alpha value is -1.16. The van der Waals surface area contributed by atoms with Crippen LogP contribution in [0, 0.1) is 6.92 Å². The average Bonchev–Trinajstić information content (AvgIpc) is 2.02. The van der Waals surface area contributed by atoms with Gasteiger partial charge in [-0.15, -0.1) is 0 Å². The van der Waals surface area contributed by atoms with E-state index >= 15 is 0 Å². The van der Waals surface area contributed by atoms with Gasteiger partial charge in [0.15, 0.2) is 0 Å². The summed E-state index contributed by atoms with van der Waals surface area (Å²) < 4.78 is 25.2. The van der Waals surface area contributed by atoms with Gasteiger partial charge < -0.3 is 0 Å². The summed E-state index contributed by atoms with van der Waals surface area (Å²) >= 11 is 5.68. The summed E-state index contributed by atoms with van der Waals surface area (Å²) in [5.41, 5.74) is 0.823. The molecule has 0 aliphatic carbocycles. The summed E-state index contributed by atoms with van der Waals surface area (Å²) in [5.74, 6) is 0. The lowest BCUT2D eigenvalue weighted by atomic mass is 10.2. The molecule has 1 aromatic carbocycles. The zero-order valence-electron chi connectivity index (χ0n) is 7.19. The first-order chi connectivity index (χ1) is 6.47. The Kier molecular flexibility index (Phi) is 3.06. The maximum absolute atomic E-state index is 11.3. The maximum Gasteiger partial charge on any atom is 0.294 e. The number of sulfonamides is 1. The van der Waals surface area contributed by atoms with Gasteiger partial charge in [-0.2, -0.15) is 8.42 Å². The van der Waals surface area contributed by atoms with Gasteiger partial charge in [-0.05, 0) is 24.6 Å². The van der Waals surface area contributed by atoms with Crippen LogP contribution in [-0.2, 0) is 14.8 Å². The second kappa shape index (κ2) is 3.92. The fraction of sp³-hybridized carbons (Fsp3) is 0.125. The van der Waals surface area contributed by atoms with Crippen molar-refractivity contribution in [2.24, 2.45) is 4.40 Å². The lowest BCUT2D eigenvalue weighted by Gasteiger charge is -2.00. The average molecular weight is 232 g/mol. The van der Waals surface area contributed by atoms with Crippen LogP contribution >= 0.6 is 11.6 Å². The molecule has 0 radical (unpaired) electrons. The van der Waals surface area contributed by atoms with Crippen molar-refractivity contribution < 1.29 is 13.2 Å². The molecule has 74 valence electrons. The molecule has 0 N–H and O–H groups in total. The second-order valence-corrected chi connectivity index (χ2v) is 4.57. The number of benzene rings is 1. The molecule has 0 heterocycles. The van der Waals surface area contributed by atoms with Crippen LogP contribution in [0.5, 0.6) is 0 Å². The minimum Gasteiger partial charge on any atom is -0.210 e. The van der Waals surface area contributed by atoms with Gasteiger partial charge in [0.25, 0.3) is 16.1 Å². The molecule has 0 saturated carbocycles. The van der Waals surface area contributed by atoms with E-state index in [1.807, 2.05) is 0 Å². The number of aryl methyl sites for hydroxylation is 1. The number of hydrogen-bond acceptors (Lipinski definition) is 3. The molecule has 0 atom stereocenters. The molecule has 0 aliphatic heterocycles. The van der Waals surface area contributed by atoms with Crippen LogP contribution in [0.2, 0.25) is 5.02 Å². The van der Waals surface area contributed by atoms with E-state index in [1.54, 1.807) is 13.0 Å². The SMILES string of the molecule is Cc1ccc(S(=O)(=O)N=C=O)c(Cl)c1. The van der Waals surface area contributed by atoms with E-state index in [9.17, 15) is 13.2 Å². The van der Waals surface area contributed by atoms with Crippen molar-refractivity contribution in [3.05, 3.63) is 28.8 Å². The molecule has 1 aromatic rings. The molecule has 0 amide bonds. The van der Waals surface area contributed by atoms with Crippen molar-refractivity contribution in [2.45, 2.75) is 11.8 Å². The summed E-state index contributed by atoms with van der Waals surface area (Å²) in [7, 11) is -3.99. The molecule has 14 heavy (non-hydrogen) atoms. The van der Waals surface area contributed by atoms with Gasteiger partial charge in [0.1, 0.15) is 4.90 Å². The van der Waals surface area contributed by atoms with Crippen LogP contribution in [0.1, 0.15) is 5.56 Å². The van der Waals surface area contributed by atoms with E-state index < -0.39 is 10.0 Å². The molecule has 0 aromatic heterocycles. The van der Waals surface area contributed by atoms with Crippen molar-refractivity contribution in [3.63, 3.8) is 0 Å². The van der Waals surface area contributed by atoms with Crippen LogP contribution in [0.25, 0.3) is 0 Å².